The largest absolute Gasteiger partial charge is 0.480 e. The van der Waals surface area contributed by atoms with Gasteiger partial charge in [0.2, 0.25) is 10.0 Å². The second kappa shape index (κ2) is 8.66. The first-order valence-corrected chi connectivity index (χ1v) is 12.8. The SMILES string of the molecule is NS(=O)(=O)c1sccc1-c1ccc2c(c1)C(c1cccc(Cl)c1)Oc1cccc(OC(F)F)c1-2. The van der Waals surface area contributed by atoms with Crippen LogP contribution in [0.1, 0.15) is 17.2 Å². The molecule has 0 spiro atoms. The monoisotopic (exact) mass is 519 g/mol. The van der Waals surface area contributed by atoms with Gasteiger partial charge in [0.05, 0.1) is 5.56 Å². The molecule has 1 aliphatic heterocycles. The van der Waals surface area contributed by atoms with Crippen molar-refractivity contribution < 1.29 is 26.7 Å². The van der Waals surface area contributed by atoms with Gasteiger partial charge in [-0.15, -0.1) is 11.3 Å². The summed E-state index contributed by atoms with van der Waals surface area (Å²) in [6, 6.07) is 18.7. The van der Waals surface area contributed by atoms with Crippen molar-refractivity contribution in [2.45, 2.75) is 16.9 Å². The van der Waals surface area contributed by atoms with Gasteiger partial charge in [-0.3, -0.25) is 0 Å². The molecule has 0 saturated heterocycles. The first-order chi connectivity index (χ1) is 16.2. The molecule has 1 aromatic heterocycles. The number of thiophene rings is 1. The van der Waals surface area contributed by atoms with Crippen molar-refractivity contribution in [1.82, 2.24) is 0 Å². The Hall–Kier alpha value is -2.98. The van der Waals surface area contributed by atoms with E-state index in [1.54, 1.807) is 60.0 Å². The molecular weight excluding hydrogens is 504 g/mol. The molecule has 0 aliphatic carbocycles. The fourth-order valence-corrected chi connectivity index (χ4v) is 6.12. The molecule has 174 valence electrons. The summed E-state index contributed by atoms with van der Waals surface area (Å²) in [4.78, 5) is 0. The van der Waals surface area contributed by atoms with Crippen molar-refractivity contribution in [3.05, 3.63) is 88.3 Å². The Morgan fingerprint density at radius 3 is 2.56 bits per heavy atom. The van der Waals surface area contributed by atoms with Crippen LogP contribution in [-0.4, -0.2) is 15.0 Å². The highest BCUT2D eigenvalue weighted by Gasteiger charge is 2.31. The molecule has 5 rings (SSSR count). The van der Waals surface area contributed by atoms with Crippen LogP contribution in [0.5, 0.6) is 11.5 Å². The van der Waals surface area contributed by atoms with E-state index in [1.807, 2.05) is 6.07 Å². The van der Waals surface area contributed by atoms with E-state index in [0.717, 1.165) is 16.9 Å². The third-order valence-corrected chi connectivity index (χ3v) is 8.07. The van der Waals surface area contributed by atoms with Crippen LogP contribution < -0.4 is 14.6 Å². The van der Waals surface area contributed by atoms with E-state index >= 15 is 0 Å². The quantitative estimate of drug-likeness (QED) is 0.328. The van der Waals surface area contributed by atoms with Gasteiger partial charge in [0.25, 0.3) is 0 Å². The molecular formula is C24H16ClF2NO4S2. The van der Waals surface area contributed by atoms with Crippen molar-refractivity contribution in [1.29, 1.82) is 0 Å². The summed E-state index contributed by atoms with van der Waals surface area (Å²) >= 11 is 7.24. The molecule has 0 amide bonds. The fraction of sp³-hybridized carbons (Fsp3) is 0.0833. The Balaban J connectivity index is 1.74. The van der Waals surface area contributed by atoms with Crippen molar-refractivity contribution in [2.75, 3.05) is 0 Å². The van der Waals surface area contributed by atoms with E-state index in [9.17, 15) is 17.2 Å². The molecule has 1 atom stereocenters. The average Bonchev–Trinajstić information content (AvgIpc) is 3.28. The minimum atomic E-state index is -3.93. The minimum Gasteiger partial charge on any atom is -0.480 e. The summed E-state index contributed by atoms with van der Waals surface area (Å²) in [5.41, 5.74) is 3.44. The number of halogens is 3. The predicted octanol–water partition coefficient (Wildman–Crippen LogP) is 6.47. The van der Waals surface area contributed by atoms with E-state index in [-0.39, 0.29) is 9.96 Å². The van der Waals surface area contributed by atoms with Crippen LogP contribution in [0, 0.1) is 0 Å². The van der Waals surface area contributed by atoms with E-state index in [4.69, 9.17) is 26.2 Å². The smallest absolute Gasteiger partial charge is 0.387 e. The van der Waals surface area contributed by atoms with Gasteiger partial charge in [-0.05, 0) is 58.5 Å². The maximum Gasteiger partial charge on any atom is 0.387 e. The number of alkyl halides is 2. The zero-order valence-corrected chi connectivity index (χ0v) is 19.6. The van der Waals surface area contributed by atoms with Crippen LogP contribution >= 0.6 is 22.9 Å². The molecule has 1 unspecified atom stereocenters. The summed E-state index contributed by atoms with van der Waals surface area (Å²) in [5.74, 6) is 0.357. The third kappa shape index (κ3) is 4.16. The molecule has 0 bridgehead atoms. The molecule has 0 radical (unpaired) electrons. The molecule has 34 heavy (non-hydrogen) atoms. The number of hydrogen-bond donors (Lipinski definition) is 1. The Bertz CT molecular complexity index is 1500. The number of nitrogens with two attached hydrogens (primary N) is 1. The van der Waals surface area contributed by atoms with Crippen LogP contribution in [0.4, 0.5) is 8.78 Å². The predicted molar refractivity (Wildman–Crippen MR) is 127 cm³/mol. The zero-order valence-electron chi connectivity index (χ0n) is 17.2. The summed E-state index contributed by atoms with van der Waals surface area (Å²) in [6.45, 7) is -3.01. The second-order valence-electron chi connectivity index (χ2n) is 7.53. The Labute approximate surface area is 203 Å². The molecule has 5 nitrogen and oxygen atoms in total. The van der Waals surface area contributed by atoms with Crippen LogP contribution in [0.2, 0.25) is 5.02 Å². The first-order valence-electron chi connectivity index (χ1n) is 9.97. The van der Waals surface area contributed by atoms with Gasteiger partial charge in [0.1, 0.15) is 21.8 Å². The van der Waals surface area contributed by atoms with Crippen LogP contribution in [0.25, 0.3) is 22.3 Å². The van der Waals surface area contributed by atoms with Crippen LogP contribution in [0.3, 0.4) is 0 Å². The topological polar surface area (TPSA) is 78.6 Å². The Kier molecular flexibility index (Phi) is 5.81. The lowest BCUT2D eigenvalue weighted by Crippen LogP contribution is -2.17. The Morgan fingerprint density at radius 1 is 1.03 bits per heavy atom. The van der Waals surface area contributed by atoms with Gasteiger partial charge in [-0.2, -0.15) is 8.78 Å². The molecule has 0 fully saturated rings. The molecule has 3 aromatic carbocycles. The zero-order chi connectivity index (χ0) is 24.0. The molecule has 0 saturated carbocycles. The number of hydrogen-bond acceptors (Lipinski definition) is 5. The number of ether oxygens (including phenoxy) is 2. The van der Waals surface area contributed by atoms with Gasteiger partial charge >= 0.3 is 6.61 Å². The normalized spacial score (nSPS) is 14.9. The number of benzene rings is 3. The summed E-state index contributed by atoms with van der Waals surface area (Å²) < 4.78 is 61.4. The van der Waals surface area contributed by atoms with E-state index in [0.29, 0.717) is 38.6 Å². The van der Waals surface area contributed by atoms with Crippen molar-refractivity contribution in [3.63, 3.8) is 0 Å². The lowest BCUT2D eigenvalue weighted by molar-refractivity contribution is -0.0496. The summed E-state index contributed by atoms with van der Waals surface area (Å²) in [7, 11) is -3.93. The minimum absolute atomic E-state index is 0.0215. The van der Waals surface area contributed by atoms with Crippen molar-refractivity contribution in [2.24, 2.45) is 5.14 Å². The molecule has 10 heteroatoms. The first kappa shape index (κ1) is 22.8. The number of sulfonamides is 1. The standard InChI is InChI=1S/C24H16ClF2NO4S2/c25-15-4-1-3-14(11-15)22-18-12-13(16-9-10-33-23(16)34(28,29)30)7-8-17(18)21-19(31-22)5-2-6-20(21)32-24(26)27/h1-12,22,24H,(H2,28,29,30). The van der Waals surface area contributed by atoms with Gasteiger partial charge in [0, 0.05) is 16.1 Å². The maximum absolute atomic E-state index is 13.1. The van der Waals surface area contributed by atoms with E-state index in [1.165, 1.54) is 6.07 Å². The van der Waals surface area contributed by atoms with E-state index < -0.39 is 22.7 Å². The molecule has 4 aromatic rings. The summed E-state index contributed by atoms with van der Waals surface area (Å²) in [6.07, 6.45) is -0.625. The molecule has 2 heterocycles. The number of primary sulfonamides is 1. The fourth-order valence-electron chi connectivity index (χ4n) is 4.08. The Morgan fingerprint density at radius 2 is 1.82 bits per heavy atom. The maximum atomic E-state index is 13.1. The lowest BCUT2D eigenvalue weighted by atomic mass is 9.87. The van der Waals surface area contributed by atoms with Gasteiger partial charge in [-0.1, -0.05) is 41.9 Å². The van der Waals surface area contributed by atoms with Crippen molar-refractivity contribution >= 4 is 33.0 Å². The van der Waals surface area contributed by atoms with E-state index in [2.05, 4.69) is 0 Å². The second-order valence-corrected chi connectivity index (χ2v) is 10.6. The summed E-state index contributed by atoms with van der Waals surface area (Å²) in [5, 5.41) is 7.55. The highest BCUT2D eigenvalue weighted by molar-refractivity contribution is 7.91. The van der Waals surface area contributed by atoms with Gasteiger partial charge < -0.3 is 9.47 Å². The van der Waals surface area contributed by atoms with Crippen LogP contribution in [0.15, 0.2) is 76.3 Å². The third-order valence-electron chi connectivity index (χ3n) is 5.40. The van der Waals surface area contributed by atoms with Gasteiger partial charge in [-0.25, -0.2) is 13.6 Å². The van der Waals surface area contributed by atoms with Gasteiger partial charge in [0.15, 0.2) is 0 Å². The van der Waals surface area contributed by atoms with Crippen molar-refractivity contribution in [3.8, 4) is 33.8 Å². The highest BCUT2D eigenvalue weighted by atomic mass is 35.5. The lowest BCUT2D eigenvalue weighted by Gasteiger charge is -2.31. The average molecular weight is 520 g/mol. The highest BCUT2D eigenvalue weighted by Crippen LogP contribution is 2.50. The molecule has 2 N–H and O–H groups in total. The number of fused-ring (bicyclic) bond motifs is 3. The number of rotatable bonds is 5. The van der Waals surface area contributed by atoms with Crippen LogP contribution in [-0.2, 0) is 10.0 Å². The molecule has 1 aliphatic rings.